The first kappa shape index (κ1) is 10.9. The van der Waals surface area contributed by atoms with E-state index in [9.17, 15) is 4.79 Å². The van der Waals surface area contributed by atoms with E-state index < -0.39 is 5.97 Å². The summed E-state index contributed by atoms with van der Waals surface area (Å²) in [7, 11) is 0. The van der Waals surface area contributed by atoms with Crippen LogP contribution in [0.3, 0.4) is 0 Å². The fraction of sp³-hybridized carbons (Fsp3) is 0.500. The minimum atomic E-state index is -0.741. The Balaban J connectivity index is 2.02. The van der Waals surface area contributed by atoms with Gasteiger partial charge in [0.2, 0.25) is 0 Å². The monoisotopic (exact) mass is 220 g/mol. The molecule has 1 heterocycles. The highest BCUT2D eigenvalue weighted by Gasteiger charge is 2.32. The molecule has 2 N–H and O–H groups in total. The molecule has 86 valence electrons. The average molecular weight is 220 g/mol. The molecule has 0 spiro atoms. The van der Waals surface area contributed by atoms with Crippen LogP contribution in [0.2, 0.25) is 0 Å². The molecule has 0 aliphatic heterocycles. The topological polar surface area (TPSA) is 62.2 Å². The summed E-state index contributed by atoms with van der Waals surface area (Å²) in [5.74, 6) is -0.222. The number of nitrogens with one attached hydrogen (secondary N) is 1. The van der Waals surface area contributed by atoms with E-state index >= 15 is 0 Å². The van der Waals surface area contributed by atoms with Gasteiger partial charge in [0.05, 0.1) is 6.42 Å². The molecular formula is C12H16N2O2. The van der Waals surface area contributed by atoms with Crippen molar-refractivity contribution in [3.63, 3.8) is 0 Å². The number of hydrogen-bond donors (Lipinski definition) is 2. The number of aromatic nitrogens is 1. The van der Waals surface area contributed by atoms with Crippen LogP contribution in [-0.4, -0.2) is 22.1 Å². The van der Waals surface area contributed by atoms with E-state index in [0.717, 1.165) is 24.2 Å². The van der Waals surface area contributed by atoms with E-state index in [2.05, 4.69) is 10.3 Å². The van der Waals surface area contributed by atoms with Gasteiger partial charge in [0.15, 0.2) is 0 Å². The van der Waals surface area contributed by atoms with Gasteiger partial charge in [-0.15, -0.1) is 0 Å². The Bertz CT molecular complexity index is 388. The molecule has 0 amide bonds. The summed E-state index contributed by atoms with van der Waals surface area (Å²) >= 11 is 0. The van der Waals surface area contributed by atoms with Crippen molar-refractivity contribution < 1.29 is 9.90 Å². The molecule has 1 atom stereocenters. The van der Waals surface area contributed by atoms with Crippen molar-refractivity contribution in [2.75, 3.05) is 5.32 Å². The van der Waals surface area contributed by atoms with Crippen molar-refractivity contribution in [3.8, 4) is 0 Å². The maximum absolute atomic E-state index is 10.7. The molecule has 0 saturated heterocycles. The highest BCUT2D eigenvalue weighted by atomic mass is 16.4. The standard InChI is InChI=1S/C12H16N2O2/c1-8-6-10(4-5-13-8)14-11(7-12(15)16)9-2-3-9/h4-6,9,11H,2-3,7H2,1H3,(H,13,14)(H,15,16). The third-order valence-electron chi connectivity index (χ3n) is 2.83. The third kappa shape index (κ3) is 2.95. The molecule has 1 unspecified atom stereocenters. The molecular weight excluding hydrogens is 204 g/mol. The van der Waals surface area contributed by atoms with Crippen molar-refractivity contribution in [1.82, 2.24) is 4.98 Å². The number of carbonyl (C=O) groups is 1. The van der Waals surface area contributed by atoms with Gasteiger partial charge in [-0.05, 0) is 37.8 Å². The van der Waals surface area contributed by atoms with Crippen LogP contribution in [0.15, 0.2) is 18.3 Å². The zero-order valence-corrected chi connectivity index (χ0v) is 9.31. The minimum absolute atomic E-state index is 0.0549. The summed E-state index contributed by atoms with van der Waals surface area (Å²) in [4.78, 5) is 14.9. The molecule has 0 aromatic carbocycles. The highest BCUT2D eigenvalue weighted by Crippen LogP contribution is 2.35. The molecule has 1 aliphatic carbocycles. The van der Waals surface area contributed by atoms with E-state index in [1.807, 2.05) is 19.1 Å². The summed E-state index contributed by atoms with van der Waals surface area (Å²) < 4.78 is 0. The van der Waals surface area contributed by atoms with Crippen molar-refractivity contribution in [2.45, 2.75) is 32.2 Å². The molecule has 0 radical (unpaired) electrons. The number of rotatable bonds is 5. The zero-order valence-electron chi connectivity index (χ0n) is 9.31. The van der Waals surface area contributed by atoms with Gasteiger partial charge in [0, 0.05) is 23.6 Å². The molecule has 1 aliphatic rings. The number of aryl methyl sites for hydroxylation is 1. The normalized spacial score (nSPS) is 16.8. The second-order valence-corrected chi connectivity index (χ2v) is 4.37. The maximum atomic E-state index is 10.7. The fourth-order valence-electron chi connectivity index (χ4n) is 1.87. The molecule has 4 nitrogen and oxygen atoms in total. The molecule has 4 heteroatoms. The predicted octanol–water partition coefficient (Wildman–Crippen LogP) is 2.06. The number of anilines is 1. The lowest BCUT2D eigenvalue weighted by atomic mass is 10.1. The number of hydrogen-bond acceptors (Lipinski definition) is 3. The number of aliphatic carboxylic acids is 1. The zero-order chi connectivity index (χ0) is 11.5. The van der Waals surface area contributed by atoms with Gasteiger partial charge in [-0.25, -0.2) is 0 Å². The van der Waals surface area contributed by atoms with Gasteiger partial charge in [-0.2, -0.15) is 0 Å². The summed E-state index contributed by atoms with van der Waals surface area (Å²) in [6, 6.07) is 3.88. The third-order valence-corrected chi connectivity index (χ3v) is 2.83. The maximum Gasteiger partial charge on any atom is 0.305 e. The van der Waals surface area contributed by atoms with Gasteiger partial charge >= 0.3 is 5.97 Å². The highest BCUT2D eigenvalue weighted by molar-refractivity contribution is 5.68. The largest absolute Gasteiger partial charge is 0.481 e. The van der Waals surface area contributed by atoms with Gasteiger partial charge < -0.3 is 10.4 Å². The number of carboxylic acid groups (broad SMARTS) is 1. The fourth-order valence-corrected chi connectivity index (χ4v) is 1.87. The Labute approximate surface area is 94.7 Å². The minimum Gasteiger partial charge on any atom is -0.481 e. The number of carboxylic acids is 1. The lowest BCUT2D eigenvalue weighted by Gasteiger charge is -2.17. The van der Waals surface area contributed by atoms with Crippen LogP contribution in [0.5, 0.6) is 0 Å². The van der Waals surface area contributed by atoms with Crippen LogP contribution < -0.4 is 5.32 Å². The molecule has 1 aromatic heterocycles. The van der Waals surface area contributed by atoms with E-state index in [-0.39, 0.29) is 12.5 Å². The second-order valence-electron chi connectivity index (χ2n) is 4.37. The van der Waals surface area contributed by atoms with E-state index in [1.165, 1.54) is 0 Å². The van der Waals surface area contributed by atoms with E-state index in [1.54, 1.807) is 6.20 Å². The number of pyridine rings is 1. The Morgan fingerprint density at radius 3 is 3.00 bits per heavy atom. The van der Waals surface area contributed by atoms with Gasteiger partial charge in [-0.3, -0.25) is 9.78 Å². The van der Waals surface area contributed by atoms with Crippen molar-refractivity contribution in [1.29, 1.82) is 0 Å². The van der Waals surface area contributed by atoms with Gasteiger partial charge in [-0.1, -0.05) is 0 Å². The SMILES string of the molecule is Cc1cc(NC(CC(=O)O)C2CC2)ccn1. The quantitative estimate of drug-likeness (QED) is 0.797. The molecule has 1 fully saturated rings. The van der Waals surface area contributed by atoms with Crippen molar-refractivity contribution in [2.24, 2.45) is 5.92 Å². The first-order chi connectivity index (χ1) is 7.65. The second kappa shape index (κ2) is 4.51. The van der Waals surface area contributed by atoms with Crippen LogP contribution in [0.1, 0.15) is 25.0 Å². The van der Waals surface area contributed by atoms with E-state index in [4.69, 9.17) is 5.11 Å². The Morgan fingerprint density at radius 2 is 2.44 bits per heavy atom. The molecule has 1 saturated carbocycles. The van der Waals surface area contributed by atoms with Gasteiger partial charge in [0.1, 0.15) is 0 Å². The first-order valence-electron chi connectivity index (χ1n) is 5.56. The Kier molecular flexibility index (Phi) is 3.08. The number of nitrogens with zero attached hydrogens (tertiary/aromatic N) is 1. The molecule has 0 bridgehead atoms. The van der Waals surface area contributed by atoms with Crippen LogP contribution >= 0.6 is 0 Å². The van der Waals surface area contributed by atoms with Gasteiger partial charge in [0.25, 0.3) is 0 Å². The Morgan fingerprint density at radius 1 is 1.69 bits per heavy atom. The Hall–Kier alpha value is -1.58. The summed E-state index contributed by atoms with van der Waals surface area (Å²) in [6.45, 7) is 1.93. The molecule has 16 heavy (non-hydrogen) atoms. The smallest absolute Gasteiger partial charge is 0.305 e. The lowest BCUT2D eigenvalue weighted by Crippen LogP contribution is -2.25. The van der Waals surface area contributed by atoms with E-state index in [0.29, 0.717) is 5.92 Å². The molecule has 2 rings (SSSR count). The molecule has 1 aromatic rings. The first-order valence-corrected chi connectivity index (χ1v) is 5.56. The van der Waals surface area contributed by atoms with Crippen LogP contribution in [0.4, 0.5) is 5.69 Å². The van der Waals surface area contributed by atoms with Crippen LogP contribution in [0.25, 0.3) is 0 Å². The summed E-state index contributed by atoms with van der Waals surface area (Å²) in [5, 5.41) is 12.1. The van der Waals surface area contributed by atoms with Crippen molar-refractivity contribution in [3.05, 3.63) is 24.0 Å². The van der Waals surface area contributed by atoms with Crippen molar-refractivity contribution >= 4 is 11.7 Å². The lowest BCUT2D eigenvalue weighted by molar-refractivity contribution is -0.137. The van der Waals surface area contributed by atoms with Crippen LogP contribution in [-0.2, 0) is 4.79 Å². The predicted molar refractivity (Wildman–Crippen MR) is 61.4 cm³/mol. The average Bonchev–Trinajstić information content (AvgIpc) is 2.99. The summed E-state index contributed by atoms with van der Waals surface area (Å²) in [6.07, 6.45) is 4.19. The van der Waals surface area contributed by atoms with Crippen LogP contribution in [0, 0.1) is 12.8 Å². The summed E-state index contributed by atoms with van der Waals surface area (Å²) in [5.41, 5.74) is 1.90.